The van der Waals surface area contributed by atoms with E-state index in [1.807, 2.05) is 31.2 Å². The van der Waals surface area contributed by atoms with Gasteiger partial charge >= 0.3 is 0 Å². The maximum atomic E-state index is 12.5. The summed E-state index contributed by atoms with van der Waals surface area (Å²) in [6.45, 7) is 9.37. The lowest BCUT2D eigenvalue weighted by Gasteiger charge is -2.32. The average molecular weight is 381 g/mol. The van der Waals surface area contributed by atoms with E-state index in [0.717, 1.165) is 36.7 Å². The van der Waals surface area contributed by atoms with Crippen LogP contribution in [0.5, 0.6) is 5.75 Å². The third-order valence-corrected chi connectivity index (χ3v) is 5.48. The maximum absolute atomic E-state index is 12.5. The van der Waals surface area contributed by atoms with Crippen molar-refractivity contribution in [2.75, 3.05) is 24.6 Å². The van der Waals surface area contributed by atoms with Crippen LogP contribution in [0.15, 0.2) is 48.5 Å². The monoisotopic (exact) mass is 380 g/mol. The van der Waals surface area contributed by atoms with Gasteiger partial charge in [-0.25, -0.2) is 0 Å². The van der Waals surface area contributed by atoms with Gasteiger partial charge in [0.25, 0.3) is 5.91 Å². The van der Waals surface area contributed by atoms with Crippen molar-refractivity contribution < 1.29 is 9.53 Å². The van der Waals surface area contributed by atoms with E-state index in [-0.39, 0.29) is 11.9 Å². The second kappa shape index (κ2) is 9.63. The first kappa shape index (κ1) is 20.2. The van der Waals surface area contributed by atoms with E-state index in [1.54, 1.807) is 0 Å². The van der Waals surface area contributed by atoms with Gasteiger partial charge in [0.2, 0.25) is 0 Å². The normalized spacial score (nSPS) is 15.9. The van der Waals surface area contributed by atoms with Gasteiger partial charge in [0, 0.05) is 24.3 Å². The van der Waals surface area contributed by atoms with Crippen molar-refractivity contribution in [3.05, 3.63) is 59.7 Å². The Labute approximate surface area is 168 Å². The van der Waals surface area contributed by atoms with E-state index in [0.29, 0.717) is 12.2 Å². The van der Waals surface area contributed by atoms with Crippen molar-refractivity contribution >= 4 is 11.6 Å². The highest BCUT2D eigenvalue weighted by Gasteiger charge is 2.17. The van der Waals surface area contributed by atoms with E-state index in [9.17, 15) is 4.79 Å². The number of piperidine rings is 1. The summed E-state index contributed by atoms with van der Waals surface area (Å²) in [7, 11) is 0. The van der Waals surface area contributed by atoms with E-state index in [2.05, 4.69) is 48.3 Å². The lowest BCUT2D eigenvalue weighted by molar-refractivity contribution is 0.0940. The van der Waals surface area contributed by atoms with Crippen LogP contribution in [-0.4, -0.2) is 25.6 Å². The van der Waals surface area contributed by atoms with Crippen LogP contribution >= 0.6 is 0 Å². The average Bonchev–Trinajstić information content (AvgIpc) is 2.73. The fourth-order valence-electron chi connectivity index (χ4n) is 3.53. The minimum Gasteiger partial charge on any atom is -0.494 e. The molecule has 28 heavy (non-hydrogen) atoms. The minimum absolute atomic E-state index is 0.0426. The number of anilines is 1. The van der Waals surface area contributed by atoms with Gasteiger partial charge in [0.1, 0.15) is 5.75 Å². The number of amides is 1. The van der Waals surface area contributed by atoms with Crippen LogP contribution in [0.2, 0.25) is 0 Å². The van der Waals surface area contributed by atoms with Crippen LogP contribution < -0.4 is 15.0 Å². The van der Waals surface area contributed by atoms with Crippen molar-refractivity contribution in [2.45, 2.75) is 46.1 Å². The third kappa shape index (κ3) is 5.28. The predicted molar refractivity (Wildman–Crippen MR) is 115 cm³/mol. The van der Waals surface area contributed by atoms with Crippen LogP contribution in [0.4, 0.5) is 5.69 Å². The highest BCUT2D eigenvalue weighted by Crippen LogP contribution is 2.24. The molecule has 0 spiro atoms. The fourth-order valence-corrected chi connectivity index (χ4v) is 3.53. The van der Waals surface area contributed by atoms with Crippen LogP contribution in [-0.2, 0) is 0 Å². The summed E-state index contributed by atoms with van der Waals surface area (Å²) in [6, 6.07) is 15.9. The van der Waals surface area contributed by atoms with Crippen LogP contribution in [0.25, 0.3) is 0 Å². The molecule has 0 bridgehead atoms. The molecule has 0 aromatic heterocycles. The zero-order valence-corrected chi connectivity index (χ0v) is 17.3. The Morgan fingerprint density at radius 3 is 2.36 bits per heavy atom. The number of hydrogen-bond donors (Lipinski definition) is 1. The number of ether oxygens (including phenoxy) is 1. The summed E-state index contributed by atoms with van der Waals surface area (Å²) in [4.78, 5) is 15.0. The van der Waals surface area contributed by atoms with Gasteiger partial charge in [-0.05, 0) is 74.1 Å². The second-order valence-electron chi connectivity index (χ2n) is 7.83. The summed E-state index contributed by atoms with van der Waals surface area (Å²) >= 11 is 0. The number of benzene rings is 2. The second-order valence-corrected chi connectivity index (χ2v) is 7.83. The Kier molecular flexibility index (Phi) is 6.96. The lowest BCUT2D eigenvalue weighted by Crippen LogP contribution is -2.32. The smallest absolute Gasteiger partial charge is 0.251 e. The number of hydrogen-bond acceptors (Lipinski definition) is 3. The summed E-state index contributed by atoms with van der Waals surface area (Å²) in [5.74, 6) is 1.57. The highest BCUT2D eigenvalue weighted by molar-refractivity contribution is 5.94. The molecule has 2 aromatic carbocycles. The molecule has 150 valence electrons. The van der Waals surface area contributed by atoms with E-state index < -0.39 is 0 Å². The van der Waals surface area contributed by atoms with Crippen molar-refractivity contribution in [1.82, 2.24) is 5.32 Å². The molecule has 1 amide bonds. The zero-order valence-electron chi connectivity index (χ0n) is 17.3. The summed E-state index contributed by atoms with van der Waals surface area (Å²) in [5.41, 5.74) is 3.04. The lowest BCUT2D eigenvalue weighted by atomic mass is 9.98. The van der Waals surface area contributed by atoms with Crippen LogP contribution in [0, 0.1) is 5.92 Å². The molecule has 1 atom stereocenters. The van der Waals surface area contributed by atoms with E-state index in [4.69, 9.17) is 4.74 Å². The van der Waals surface area contributed by atoms with E-state index >= 15 is 0 Å². The first-order chi connectivity index (χ1) is 13.6. The predicted octanol–water partition coefficient (Wildman–Crippen LogP) is 5.20. The quantitative estimate of drug-likeness (QED) is 0.717. The first-order valence-electron chi connectivity index (χ1n) is 10.5. The molecule has 1 aliphatic heterocycles. The number of nitrogens with one attached hydrogen (secondary N) is 1. The van der Waals surface area contributed by atoms with Crippen molar-refractivity contribution in [1.29, 1.82) is 0 Å². The number of rotatable bonds is 7. The number of carbonyl (C=O) groups excluding carboxylic acids is 1. The molecule has 4 nitrogen and oxygen atoms in total. The summed E-state index contributed by atoms with van der Waals surface area (Å²) in [6.07, 6.45) is 3.49. The number of carbonyl (C=O) groups is 1. The summed E-state index contributed by atoms with van der Waals surface area (Å²) in [5, 5.41) is 3.09. The molecule has 0 saturated carbocycles. The maximum Gasteiger partial charge on any atom is 0.251 e. The van der Waals surface area contributed by atoms with Gasteiger partial charge < -0.3 is 15.0 Å². The SMILES string of the molecule is CCCOc1ccc(C(=O)N[C@@H](C)c2ccc(N3CCC(C)CC3)cc2)cc1. The molecule has 0 unspecified atom stereocenters. The van der Waals surface area contributed by atoms with Gasteiger partial charge in [0.05, 0.1) is 12.6 Å². The topological polar surface area (TPSA) is 41.6 Å². The largest absolute Gasteiger partial charge is 0.494 e. The summed E-state index contributed by atoms with van der Waals surface area (Å²) < 4.78 is 5.57. The molecule has 3 rings (SSSR count). The molecule has 1 N–H and O–H groups in total. The Morgan fingerprint density at radius 2 is 1.75 bits per heavy atom. The molecule has 2 aromatic rings. The molecule has 1 fully saturated rings. The van der Waals surface area contributed by atoms with E-state index in [1.165, 1.54) is 18.5 Å². The van der Waals surface area contributed by atoms with Crippen LogP contribution in [0.1, 0.15) is 62.0 Å². The van der Waals surface area contributed by atoms with Gasteiger partial charge in [-0.15, -0.1) is 0 Å². The van der Waals surface area contributed by atoms with Crippen molar-refractivity contribution in [3.63, 3.8) is 0 Å². The van der Waals surface area contributed by atoms with Gasteiger partial charge in [-0.1, -0.05) is 26.0 Å². The van der Waals surface area contributed by atoms with Gasteiger partial charge in [-0.3, -0.25) is 4.79 Å². The molecule has 1 heterocycles. The molecular formula is C24H32N2O2. The molecule has 1 saturated heterocycles. The molecular weight excluding hydrogens is 348 g/mol. The molecule has 0 aliphatic carbocycles. The molecule has 4 heteroatoms. The highest BCUT2D eigenvalue weighted by atomic mass is 16.5. The Hall–Kier alpha value is -2.49. The third-order valence-electron chi connectivity index (χ3n) is 5.48. The van der Waals surface area contributed by atoms with Crippen LogP contribution in [0.3, 0.4) is 0 Å². The number of nitrogens with zero attached hydrogens (tertiary/aromatic N) is 1. The van der Waals surface area contributed by atoms with Crippen molar-refractivity contribution in [3.8, 4) is 5.75 Å². The van der Waals surface area contributed by atoms with Gasteiger partial charge in [0.15, 0.2) is 0 Å². The molecule has 1 aliphatic rings. The molecule has 0 radical (unpaired) electrons. The van der Waals surface area contributed by atoms with Crippen molar-refractivity contribution in [2.24, 2.45) is 5.92 Å². The Balaban J connectivity index is 1.56. The first-order valence-corrected chi connectivity index (χ1v) is 10.5. The Bertz CT molecular complexity index is 747. The van der Waals surface area contributed by atoms with Gasteiger partial charge in [-0.2, -0.15) is 0 Å². The fraction of sp³-hybridized carbons (Fsp3) is 0.458. The zero-order chi connectivity index (χ0) is 19.9. The minimum atomic E-state index is -0.0661. The Morgan fingerprint density at radius 1 is 1.11 bits per heavy atom. The standard InChI is InChI=1S/C24H32N2O2/c1-4-17-28-23-11-7-21(8-12-23)24(27)25-19(3)20-5-9-22(10-6-20)26-15-13-18(2)14-16-26/h5-12,18-19H,4,13-17H2,1-3H3,(H,25,27)/t19-/m0/s1.